The van der Waals surface area contributed by atoms with Gasteiger partial charge in [-0.05, 0) is 23.1 Å². The van der Waals surface area contributed by atoms with Gasteiger partial charge in [0.25, 0.3) is 0 Å². The van der Waals surface area contributed by atoms with E-state index in [0.29, 0.717) is 0 Å². The Bertz CT molecular complexity index is 590. The van der Waals surface area contributed by atoms with Gasteiger partial charge in [-0.15, -0.1) is 11.3 Å². The first kappa shape index (κ1) is 9.67. The highest BCUT2D eigenvalue weighted by molar-refractivity contribution is 7.22. The van der Waals surface area contributed by atoms with E-state index in [1.165, 1.54) is 26.0 Å². The maximum atomic E-state index is 2.27. The molecule has 0 saturated heterocycles. The van der Waals surface area contributed by atoms with Crippen molar-refractivity contribution in [1.82, 2.24) is 0 Å². The Morgan fingerprint density at radius 1 is 0.875 bits per heavy atom. The van der Waals surface area contributed by atoms with Gasteiger partial charge in [0.05, 0.1) is 0 Å². The fourth-order valence-electron chi connectivity index (χ4n) is 1.84. The predicted octanol–water partition coefficient (Wildman–Crippen LogP) is 2.83. The van der Waals surface area contributed by atoms with Crippen molar-refractivity contribution in [2.45, 2.75) is 0 Å². The summed E-state index contributed by atoms with van der Waals surface area (Å²) in [5.41, 5.74) is 2.62. The van der Waals surface area contributed by atoms with Crippen LogP contribution in [0.4, 0.5) is 0 Å². The number of thiophene rings is 1. The van der Waals surface area contributed by atoms with E-state index in [1.807, 2.05) is 11.3 Å². The zero-order valence-corrected chi connectivity index (χ0v) is 9.92. The third-order valence-electron chi connectivity index (χ3n) is 2.76. The second-order valence-electron chi connectivity index (χ2n) is 4.01. The Hall–Kier alpha value is -1.54. The third kappa shape index (κ3) is 1.65. The van der Waals surface area contributed by atoms with E-state index in [-0.39, 0.29) is 0 Å². The number of hydrogen-bond donors (Lipinski definition) is 0. The number of rotatable bonds is 1. The van der Waals surface area contributed by atoms with Gasteiger partial charge in [-0.1, -0.05) is 47.9 Å². The second kappa shape index (κ2) is 3.80. The Balaban J connectivity index is 2.15. The molecule has 16 heavy (non-hydrogen) atoms. The topological polar surface area (TPSA) is 0 Å². The fourth-order valence-corrected chi connectivity index (χ4v) is 2.91. The lowest BCUT2D eigenvalue weighted by atomic mass is 9.95. The average molecular weight is 222 g/mol. The molecule has 76 valence electrons. The Morgan fingerprint density at radius 2 is 1.62 bits per heavy atom. The normalized spacial score (nSPS) is 10.8. The fraction of sp³-hybridized carbons (Fsp3) is 0. The molecule has 0 spiro atoms. The van der Waals surface area contributed by atoms with Crippen molar-refractivity contribution >= 4 is 34.7 Å². The van der Waals surface area contributed by atoms with Crippen molar-refractivity contribution in [3.8, 4) is 10.4 Å². The lowest BCUT2D eigenvalue weighted by Gasteiger charge is -1.97. The van der Waals surface area contributed by atoms with Gasteiger partial charge in [0, 0.05) is 9.58 Å². The van der Waals surface area contributed by atoms with Gasteiger partial charge in [0.1, 0.15) is 7.85 Å². The van der Waals surface area contributed by atoms with Crippen LogP contribution >= 0.6 is 11.3 Å². The third-order valence-corrected chi connectivity index (χ3v) is 3.93. The summed E-state index contributed by atoms with van der Waals surface area (Å²) in [6, 6.07) is 19.5. The number of fused-ring (bicyclic) bond motifs is 1. The highest BCUT2D eigenvalue weighted by Crippen LogP contribution is 2.32. The maximum absolute atomic E-state index is 2.27. The number of benzene rings is 2. The van der Waals surface area contributed by atoms with E-state index < -0.39 is 0 Å². The molecule has 0 unspecified atom stereocenters. The van der Waals surface area contributed by atoms with E-state index in [9.17, 15) is 0 Å². The first-order valence-electron chi connectivity index (χ1n) is 5.38. The van der Waals surface area contributed by atoms with Crippen LogP contribution in [0.3, 0.4) is 0 Å². The molecule has 0 aliphatic heterocycles. The summed E-state index contributed by atoms with van der Waals surface area (Å²) in [5.74, 6) is 0. The predicted molar refractivity (Wildman–Crippen MR) is 75.4 cm³/mol. The van der Waals surface area contributed by atoms with Crippen molar-refractivity contribution in [3.05, 3.63) is 54.6 Å². The summed E-state index contributed by atoms with van der Waals surface area (Å²) >= 11 is 1.86. The molecule has 1 aromatic heterocycles. The quantitative estimate of drug-likeness (QED) is 0.555. The zero-order chi connectivity index (χ0) is 11.0. The van der Waals surface area contributed by atoms with E-state index in [2.05, 4.69) is 62.4 Å². The van der Waals surface area contributed by atoms with Crippen LogP contribution in [0.25, 0.3) is 20.5 Å². The number of hydrogen-bond acceptors (Lipinski definition) is 1. The maximum Gasteiger partial charge on any atom is 0.139 e. The van der Waals surface area contributed by atoms with Gasteiger partial charge in [-0.25, -0.2) is 0 Å². The van der Waals surface area contributed by atoms with Crippen LogP contribution in [0.15, 0.2) is 54.6 Å². The molecule has 0 nitrogen and oxygen atoms in total. The molecule has 3 rings (SSSR count). The summed E-state index contributed by atoms with van der Waals surface area (Å²) in [6.45, 7) is 0. The Morgan fingerprint density at radius 3 is 2.38 bits per heavy atom. The molecule has 0 bridgehead atoms. The van der Waals surface area contributed by atoms with Gasteiger partial charge in [-0.2, -0.15) is 0 Å². The van der Waals surface area contributed by atoms with Gasteiger partial charge in [0.2, 0.25) is 0 Å². The first-order valence-corrected chi connectivity index (χ1v) is 6.20. The Kier molecular flexibility index (Phi) is 2.30. The second-order valence-corrected chi connectivity index (χ2v) is 5.10. The molecule has 0 aliphatic rings. The van der Waals surface area contributed by atoms with Crippen LogP contribution in [0.2, 0.25) is 0 Å². The van der Waals surface area contributed by atoms with Crippen molar-refractivity contribution in [3.63, 3.8) is 0 Å². The SMILES string of the molecule is Bc1ccc(-c2cc3ccccc3s2)cc1. The molecule has 0 N–H and O–H groups in total. The van der Waals surface area contributed by atoms with E-state index in [0.717, 1.165) is 0 Å². The largest absolute Gasteiger partial charge is 0.139 e. The summed E-state index contributed by atoms with van der Waals surface area (Å²) in [5, 5.41) is 1.34. The van der Waals surface area contributed by atoms with Gasteiger partial charge in [-0.3, -0.25) is 0 Å². The molecule has 2 heteroatoms. The zero-order valence-electron chi connectivity index (χ0n) is 9.10. The van der Waals surface area contributed by atoms with Crippen molar-refractivity contribution in [1.29, 1.82) is 0 Å². The van der Waals surface area contributed by atoms with Gasteiger partial charge < -0.3 is 0 Å². The molecule has 0 amide bonds. The minimum absolute atomic E-state index is 1.31. The molecule has 0 fully saturated rings. The van der Waals surface area contributed by atoms with E-state index >= 15 is 0 Å². The molecule has 0 aliphatic carbocycles. The van der Waals surface area contributed by atoms with Crippen LogP contribution < -0.4 is 5.46 Å². The van der Waals surface area contributed by atoms with Crippen molar-refractivity contribution < 1.29 is 0 Å². The monoisotopic (exact) mass is 222 g/mol. The van der Waals surface area contributed by atoms with Crippen molar-refractivity contribution in [2.75, 3.05) is 0 Å². The molecule has 1 heterocycles. The highest BCUT2D eigenvalue weighted by atomic mass is 32.1. The van der Waals surface area contributed by atoms with Crippen molar-refractivity contribution in [2.24, 2.45) is 0 Å². The molecule has 3 aromatic rings. The van der Waals surface area contributed by atoms with Crippen LogP contribution in [0, 0.1) is 0 Å². The molecular formula is C14H11BS. The van der Waals surface area contributed by atoms with Crippen LogP contribution in [-0.2, 0) is 0 Å². The minimum Gasteiger partial charge on any atom is -0.135 e. The van der Waals surface area contributed by atoms with Crippen LogP contribution in [0.1, 0.15) is 0 Å². The molecule has 0 atom stereocenters. The van der Waals surface area contributed by atoms with Crippen LogP contribution in [0.5, 0.6) is 0 Å². The summed E-state index contributed by atoms with van der Waals surface area (Å²) in [4.78, 5) is 1.35. The molecule has 0 saturated carbocycles. The smallest absolute Gasteiger partial charge is 0.135 e. The molecule has 2 aromatic carbocycles. The lowest BCUT2D eigenvalue weighted by molar-refractivity contribution is 1.75. The summed E-state index contributed by atoms with van der Waals surface area (Å²) < 4.78 is 1.36. The minimum atomic E-state index is 1.31. The van der Waals surface area contributed by atoms with Crippen LogP contribution in [-0.4, -0.2) is 7.85 Å². The molecule has 0 radical (unpaired) electrons. The summed E-state index contributed by atoms with van der Waals surface area (Å²) in [7, 11) is 2.12. The van der Waals surface area contributed by atoms with Gasteiger partial charge in [0.15, 0.2) is 0 Å². The standard InChI is InChI=1S/C14H11BS/c15-12-7-5-10(6-8-12)14-9-11-3-1-2-4-13(11)16-14/h1-9H,15H2. The Labute approximate surface area is 100.0 Å². The lowest BCUT2D eigenvalue weighted by Crippen LogP contribution is -1.98. The van der Waals surface area contributed by atoms with E-state index in [1.54, 1.807) is 0 Å². The summed E-state index contributed by atoms with van der Waals surface area (Å²) in [6.07, 6.45) is 0. The molecular weight excluding hydrogens is 211 g/mol. The highest BCUT2D eigenvalue weighted by Gasteiger charge is 2.02. The van der Waals surface area contributed by atoms with Gasteiger partial charge >= 0.3 is 0 Å². The first-order chi connectivity index (χ1) is 7.83. The van der Waals surface area contributed by atoms with E-state index in [4.69, 9.17) is 0 Å². The average Bonchev–Trinajstić information content (AvgIpc) is 2.73.